The number of nitrogens with zero attached hydrogens (tertiary/aromatic N) is 2. The second-order valence-corrected chi connectivity index (χ2v) is 8.34. The zero-order chi connectivity index (χ0) is 20.3. The average molecular weight is 385 g/mol. The molecule has 2 aromatic rings. The minimum absolute atomic E-state index is 0.159. The lowest BCUT2D eigenvalue weighted by atomic mass is 9.89. The van der Waals surface area contributed by atoms with E-state index in [2.05, 4.69) is 18.7 Å². The molecule has 1 aromatic carbocycles. The molecule has 0 unspecified atom stereocenters. The fraction of sp³-hybridized carbons (Fsp3) is 0.565. The first kappa shape index (κ1) is 20.6. The van der Waals surface area contributed by atoms with E-state index < -0.39 is 0 Å². The van der Waals surface area contributed by atoms with Crippen LogP contribution in [0.5, 0.6) is 5.75 Å². The van der Waals surface area contributed by atoms with Crippen LogP contribution >= 0.6 is 0 Å². The summed E-state index contributed by atoms with van der Waals surface area (Å²) in [5.74, 6) is 3.34. The highest BCUT2D eigenvalue weighted by Gasteiger charge is 2.27. The molecule has 2 heterocycles. The summed E-state index contributed by atoms with van der Waals surface area (Å²) in [5, 5.41) is 0. The molecular weight excluding hydrogens is 352 g/mol. The second-order valence-electron chi connectivity index (χ2n) is 8.34. The van der Waals surface area contributed by atoms with Gasteiger partial charge in [-0.05, 0) is 62.9 Å². The summed E-state index contributed by atoms with van der Waals surface area (Å²) in [5.41, 5.74) is 2.97. The molecule has 0 N–H and O–H groups in total. The van der Waals surface area contributed by atoms with Gasteiger partial charge in [-0.1, -0.05) is 13.8 Å². The van der Waals surface area contributed by atoms with Gasteiger partial charge in [-0.3, -0.25) is 9.69 Å². The predicted molar refractivity (Wildman–Crippen MR) is 110 cm³/mol. The number of oxazole rings is 1. The molecule has 0 amide bonds. The van der Waals surface area contributed by atoms with Crippen LogP contribution in [-0.2, 0) is 11.3 Å². The van der Waals surface area contributed by atoms with Crippen molar-refractivity contribution in [1.29, 1.82) is 0 Å². The van der Waals surface area contributed by atoms with E-state index in [-0.39, 0.29) is 5.92 Å². The molecule has 0 saturated carbocycles. The number of carbonyl (C=O) groups is 1. The first-order chi connectivity index (χ1) is 13.4. The molecule has 1 aromatic heterocycles. The molecule has 0 aliphatic carbocycles. The van der Waals surface area contributed by atoms with Gasteiger partial charge in [-0.15, -0.1) is 0 Å². The number of benzene rings is 1. The third-order valence-electron chi connectivity index (χ3n) is 5.48. The van der Waals surface area contributed by atoms with Crippen LogP contribution in [0.1, 0.15) is 50.1 Å². The van der Waals surface area contributed by atoms with Crippen molar-refractivity contribution in [1.82, 2.24) is 9.88 Å². The van der Waals surface area contributed by atoms with E-state index in [9.17, 15) is 4.79 Å². The van der Waals surface area contributed by atoms with Crippen molar-refractivity contribution >= 4 is 5.78 Å². The molecular formula is C23H32N2O3. The van der Waals surface area contributed by atoms with Gasteiger partial charge in [0.25, 0.3) is 0 Å². The maximum absolute atomic E-state index is 12.5. The van der Waals surface area contributed by atoms with Crippen molar-refractivity contribution in [3.8, 4) is 17.2 Å². The number of carbonyl (C=O) groups excluding carboxylic acids is 1. The van der Waals surface area contributed by atoms with Crippen molar-refractivity contribution in [2.45, 2.75) is 53.5 Å². The lowest BCUT2D eigenvalue weighted by Gasteiger charge is -2.31. The Morgan fingerprint density at radius 3 is 2.82 bits per heavy atom. The molecule has 5 heteroatoms. The van der Waals surface area contributed by atoms with Crippen LogP contribution in [0.4, 0.5) is 0 Å². The highest BCUT2D eigenvalue weighted by Crippen LogP contribution is 2.28. The van der Waals surface area contributed by atoms with Gasteiger partial charge in [0.2, 0.25) is 5.89 Å². The van der Waals surface area contributed by atoms with Crippen LogP contribution in [0.25, 0.3) is 11.5 Å². The van der Waals surface area contributed by atoms with Crippen molar-refractivity contribution in [2.75, 3.05) is 20.2 Å². The molecule has 1 aliphatic rings. The van der Waals surface area contributed by atoms with E-state index in [1.165, 1.54) is 0 Å². The minimum Gasteiger partial charge on any atom is -0.496 e. The number of aryl methyl sites for hydroxylation is 2. The van der Waals surface area contributed by atoms with Crippen molar-refractivity contribution in [2.24, 2.45) is 11.8 Å². The summed E-state index contributed by atoms with van der Waals surface area (Å²) in [6.07, 6.45) is 2.76. The average Bonchev–Trinajstić information content (AvgIpc) is 3.02. The molecule has 0 bridgehead atoms. The summed E-state index contributed by atoms with van der Waals surface area (Å²) in [4.78, 5) is 19.6. The van der Waals surface area contributed by atoms with Crippen LogP contribution in [0.2, 0.25) is 0 Å². The number of hydrogen-bond donors (Lipinski definition) is 0. The molecule has 1 saturated heterocycles. The van der Waals surface area contributed by atoms with Crippen molar-refractivity contribution in [3.05, 3.63) is 35.2 Å². The highest BCUT2D eigenvalue weighted by atomic mass is 16.5. The van der Waals surface area contributed by atoms with Crippen molar-refractivity contribution < 1.29 is 13.9 Å². The molecule has 1 atom stereocenters. The summed E-state index contributed by atoms with van der Waals surface area (Å²) in [6, 6.07) is 5.96. The van der Waals surface area contributed by atoms with E-state index in [0.717, 1.165) is 60.8 Å². The molecule has 0 spiro atoms. The van der Waals surface area contributed by atoms with Crippen LogP contribution in [0.15, 0.2) is 22.6 Å². The molecule has 152 valence electrons. The second kappa shape index (κ2) is 8.91. The quantitative estimate of drug-likeness (QED) is 0.687. The monoisotopic (exact) mass is 384 g/mol. The summed E-state index contributed by atoms with van der Waals surface area (Å²) < 4.78 is 11.3. The van der Waals surface area contributed by atoms with Gasteiger partial charge in [-0.25, -0.2) is 4.98 Å². The van der Waals surface area contributed by atoms with E-state index in [0.29, 0.717) is 24.0 Å². The Morgan fingerprint density at radius 1 is 1.36 bits per heavy atom. The third-order valence-corrected chi connectivity index (χ3v) is 5.48. The van der Waals surface area contributed by atoms with Gasteiger partial charge >= 0.3 is 0 Å². The molecule has 1 fully saturated rings. The Labute approximate surface area is 168 Å². The first-order valence-electron chi connectivity index (χ1n) is 10.2. The molecule has 5 nitrogen and oxygen atoms in total. The largest absolute Gasteiger partial charge is 0.496 e. The molecule has 1 aliphatic heterocycles. The smallest absolute Gasteiger partial charge is 0.226 e. The summed E-state index contributed by atoms with van der Waals surface area (Å²) in [7, 11) is 1.67. The number of hydrogen-bond acceptors (Lipinski definition) is 5. The number of ether oxygens (including phenoxy) is 1. The van der Waals surface area contributed by atoms with Crippen LogP contribution < -0.4 is 4.74 Å². The van der Waals surface area contributed by atoms with Gasteiger partial charge < -0.3 is 9.15 Å². The zero-order valence-electron chi connectivity index (χ0n) is 17.7. The van der Waals surface area contributed by atoms with Gasteiger partial charge in [0.15, 0.2) is 0 Å². The predicted octanol–water partition coefficient (Wildman–Crippen LogP) is 4.79. The minimum atomic E-state index is 0.159. The number of ketones is 1. The Hall–Kier alpha value is -2.14. The van der Waals surface area contributed by atoms with Gasteiger partial charge in [0.1, 0.15) is 17.3 Å². The summed E-state index contributed by atoms with van der Waals surface area (Å²) >= 11 is 0. The number of piperidine rings is 1. The molecule has 0 radical (unpaired) electrons. The lowest BCUT2D eigenvalue weighted by Crippen LogP contribution is -2.38. The maximum atomic E-state index is 12.5. The van der Waals surface area contributed by atoms with E-state index >= 15 is 0 Å². The number of Topliss-reactive ketones (excluding diaryl/α,β-unsaturated/α-hetero) is 1. The van der Waals surface area contributed by atoms with Gasteiger partial charge in [0.05, 0.1) is 12.8 Å². The third kappa shape index (κ3) is 4.82. The fourth-order valence-electron chi connectivity index (χ4n) is 3.95. The lowest BCUT2D eigenvalue weighted by molar-refractivity contribution is -0.125. The van der Waals surface area contributed by atoms with Crippen molar-refractivity contribution in [3.63, 3.8) is 0 Å². The fourth-order valence-corrected chi connectivity index (χ4v) is 3.95. The van der Waals surface area contributed by atoms with Gasteiger partial charge in [0, 0.05) is 31.0 Å². The van der Waals surface area contributed by atoms with E-state index in [1.807, 2.05) is 32.0 Å². The number of methoxy groups -OCH3 is 1. The molecule has 3 rings (SSSR count). The van der Waals surface area contributed by atoms with Crippen LogP contribution in [0, 0.1) is 25.7 Å². The zero-order valence-corrected chi connectivity index (χ0v) is 17.7. The Kier molecular flexibility index (Phi) is 6.55. The van der Waals surface area contributed by atoms with Crippen LogP contribution in [-0.4, -0.2) is 35.9 Å². The van der Waals surface area contributed by atoms with E-state index in [4.69, 9.17) is 14.1 Å². The topological polar surface area (TPSA) is 55.6 Å². The van der Waals surface area contributed by atoms with Gasteiger partial charge in [-0.2, -0.15) is 0 Å². The Bertz CT molecular complexity index is 825. The Morgan fingerprint density at radius 2 is 2.14 bits per heavy atom. The SMILES string of the molecule is COc1ccc(-c2nc(CN3CCC[C@@H](C(=O)CC(C)C)C3)c(C)o2)cc1C. The van der Waals surface area contributed by atoms with E-state index in [1.54, 1.807) is 7.11 Å². The Balaban J connectivity index is 1.70. The summed E-state index contributed by atoms with van der Waals surface area (Å²) in [6.45, 7) is 10.8. The normalized spacial score (nSPS) is 17.9. The number of aromatic nitrogens is 1. The standard InChI is InChI=1S/C23H32N2O3/c1-15(2)11-21(26)19-7-6-10-25(13-19)14-20-17(4)28-23(24-20)18-8-9-22(27-5)16(3)12-18/h8-9,12,15,19H,6-7,10-11,13-14H2,1-5H3/t19-/m1/s1. The number of likely N-dealkylation sites (tertiary alicyclic amines) is 1. The van der Waals surface area contributed by atoms with Crippen LogP contribution in [0.3, 0.4) is 0 Å². The first-order valence-corrected chi connectivity index (χ1v) is 10.2. The number of rotatable bonds is 7. The molecule has 28 heavy (non-hydrogen) atoms. The maximum Gasteiger partial charge on any atom is 0.226 e. The highest BCUT2D eigenvalue weighted by molar-refractivity contribution is 5.81.